The first kappa shape index (κ1) is 20.0. The summed E-state index contributed by atoms with van der Waals surface area (Å²) in [5.41, 5.74) is 4.99. The van der Waals surface area contributed by atoms with Gasteiger partial charge in [0.2, 0.25) is 5.95 Å². The second-order valence-corrected chi connectivity index (χ2v) is 7.60. The van der Waals surface area contributed by atoms with E-state index in [9.17, 15) is 0 Å². The Labute approximate surface area is 185 Å². The molecule has 0 bridgehead atoms. The molecule has 0 amide bonds. The number of anilines is 2. The van der Waals surface area contributed by atoms with Crippen molar-refractivity contribution in [1.29, 1.82) is 0 Å². The first-order valence-electron chi connectivity index (χ1n) is 10.8. The zero-order valence-electron chi connectivity index (χ0n) is 17.7. The molecule has 0 aliphatic carbocycles. The fourth-order valence-electron chi connectivity index (χ4n) is 3.72. The third-order valence-electron chi connectivity index (χ3n) is 5.37. The van der Waals surface area contributed by atoms with Crippen molar-refractivity contribution in [3.8, 4) is 6.01 Å². The van der Waals surface area contributed by atoms with Gasteiger partial charge in [-0.25, -0.2) is 10.4 Å². The molecule has 0 spiro atoms. The Kier molecular flexibility index (Phi) is 5.91. The van der Waals surface area contributed by atoms with Gasteiger partial charge in [-0.15, -0.1) is 0 Å². The van der Waals surface area contributed by atoms with Gasteiger partial charge in [-0.3, -0.25) is 0 Å². The number of imidazole rings is 1. The minimum absolute atomic E-state index is 0.283. The molecule has 1 fully saturated rings. The molecule has 2 N–H and O–H groups in total. The van der Waals surface area contributed by atoms with Crippen molar-refractivity contribution in [1.82, 2.24) is 29.5 Å². The van der Waals surface area contributed by atoms with Crippen LogP contribution in [-0.4, -0.2) is 55.4 Å². The van der Waals surface area contributed by atoms with Crippen LogP contribution in [0, 0.1) is 0 Å². The van der Waals surface area contributed by atoms with Crippen LogP contribution in [0.4, 0.5) is 11.9 Å². The van der Waals surface area contributed by atoms with E-state index in [1.54, 1.807) is 18.7 Å². The molecule has 3 aromatic heterocycles. The monoisotopic (exact) mass is 431 g/mol. The number of H-pyrrole nitrogens is 1. The van der Waals surface area contributed by atoms with Crippen LogP contribution in [0.15, 0.2) is 54.3 Å². The largest absolute Gasteiger partial charge is 0.461 e. The van der Waals surface area contributed by atoms with E-state index in [0.717, 1.165) is 42.4 Å². The van der Waals surface area contributed by atoms with Gasteiger partial charge in [0.05, 0.1) is 19.1 Å². The molecular weight excluding hydrogens is 406 g/mol. The molecular formula is C22H25N9O. The molecule has 10 heteroatoms. The van der Waals surface area contributed by atoms with Gasteiger partial charge in [-0.05, 0) is 25.3 Å². The number of hydrogen-bond acceptors (Lipinski definition) is 8. The fourth-order valence-corrected chi connectivity index (χ4v) is 3.72. The average Bonchev–Trinajstić information content (AvgIpc) is 3.50. The lowest BCUT2D eigenvalue weighted by Gasteiger charge is -2.26. The van der Waals surface area contributed by atoms with Crippen LogP contribution in [0.1, 0.15) is 24.8 Å². The zero-order valence-corrected chi connectivity index (χ0v) is 17.7. The highest BCUT2D eigenvalue weighted by molar-refractivity contribution is 5.99. The lowest BCUT2D eigenvalue weighted by molar-refractivity contribution is 0.275. The van der Waals surface area contributed by atoms with Gasteiger partial charge in [-0.1, -0.05) is 18.2 Å². The van der Waals surface area contributed by atoms with E-state index in [2.05, 4.69) is 46.4 Å². The Morgan fingerprint density at radius 3 is 2.91 bits per heavy atom. The molecule has 5 rings (SSSR count). The van der Waals surface area contributed by atoms with E-state index in [1.165, 1.54) is 6.42 Å². The van der Waals surface area contributed by atoms with Crippen molar-refractivity contribution >= 4 is 29.0 Å². The lowest BCUT2D eigenvalue weighted by atomic mass is 10.1. The number of para-hydroxylation sites is 1. The Balaban J connectivity index is 1.32. The van der Waals surface area contributed by atoms with E-state index in [-0.39, 0.29) is 6.01 Å². The number of piperidine rings is 1. The number of fused-ring (bicyclic) bond motifs is 1. The smallest absolute Gasteiger partial charge is 0.323 e. The quantitative estimate of drug-likeness (QED) is 0.326. The molecule has 0 atom stereocenters. The minimum Gasteiger partial charge on any atom is -0.461 e. The number of nitrogens with zero attached hydrogens (tertiary/aromatic N) is 7. The number of hydrazone groups is 1. The first-order chi connectivity index (χ1) is 15.8. The normalized spacial score (nSPS) is 14.3. The molecule has 1 aromatic carbocycles. The molecule has 32 heavy (non-hydrogen) atoms. The van der Waals surface area contributed by atoms with Crippen LogP contribution in [0.2, 0.25) is 0 Å². The van der Waals surface area contributed by atoms with Gasteiger partial charge in [0.15, 0.2) is 0 Å². The van der Waals surface area contributed by atoms with Crippen LogP contribution < -0.4 is 15.1 Å². The summed E-state index contributed by atoms with van der Waals surface area (Å²) in [4.78, 5) is 23.0. The van der Waals surface area contributed by atoms with Crippen molar-refractivity contribution in [2.24, 2.45) is 5.10 Å². The molecule has 0 unspecified atom stereocenters. The summed E-state index contributed by atoms with van der Waals surface area (Å²) in [6, 6.07) is 8.37. The fraction of sp³-hybridized carbons (Fsp3) is 0.318. The van der Waals surface area contributed by atoms with Crippen molar-refractivity contribution in [2.75, 3.05) is 30.0 Å². The number of ether oxygens (including phenoxy) is 1. The molecule has 4 heterocycles. The highest BCUT2D eigenvalue weighted by Crippen LogP contribution is 2.20. The molecule has 0 saturated carbocycles. The van der Waals surface area contributed by atoms with Crippen molar-refractivity contribution < 1.29 is 4.74 Å². The van der Waals surface area contributed by atoms with Crippen molar-refractivity contribution in [3.63, 3.8) is 0 Å². The SMILES string of the molecule is C(=N\Nc1nc(OCCn2ccnc2)nc(N2CCCCC2)n1)/c1c[nH]c2ccccc12. The minimum atomic E-state index is 0.283. The summed E-state index contributed by atoms with van der Waals surface area (Å²) in [6.07, 6.45) is 12.6. The summed E-state index contributed by atoms with van der Waals surface area (Å²) >= 11 is 0. The molecule has 1 aliphatic heterocycles. The summed E-state index contributed by atoms with van der Waals surface area (Å²) in [6.45, 7) is 2.94. The van der Waals surface area contributed by atoms with Gasteiger partial charge in [0.1, 0.15) is 6.61 Å². The summed E-state index contributed by atoms with van der Waals surface area (Å²) in [5, 5.41) is 5.45. The van der Waals surface area contributed by atoms with Crippen LogP contribution in [0.5, 0.6) is 6.01 Å². The number of rotatable bonds is 8. The number of nitrogens with one attached hydrogen (secondary N) is 2. The molecule has 10 nitrogen and oxygen atoms in total. The topological polar surface area (TPSA) is 109 Å². The maximum Gasteiger partial charge on any atom is 0.323 e. The van der Waals surface area contributed by atoms with Crippen LogP contribution in [0.25, 0.3) is 10.9 Å². The van der Waals surface area contributed by atoms with E-state index >= 15 is 0 Å². The van der Waals surface area contributed by atoms with E-state index in [4.69, 9.17) is 4.74 Å². The molecule has 4 aromatic rings. The number of hydrogen-bond donors (Lipinski definition) is 2. The molecule has 1 saturated heterocycles. The van der Waals surface area contributed by atoms with Crippen LogP contribution in [0.3, 0.4) is 0 Å². The molecule has 164 valence electrons. The molecule has 0 radical (unpaired) electrons. The summed E-state index contributed by atoms with van der Waals surface area (Å²) in [7, 11) is 0. The highest BCUT2D eigenvalue weighted by Gasteiger charge is 2.17. The van der Waals surface area contributed by atoms with Crippen LogP contribution >= 0.6 is 0 Å². The van der Waals surface area contributed by atoms with E-state index in [1.807, 2.05) is 35.2 Å². The van der Waals surface area contributed by atoms with Gasteiger partial charge in [0, 0.05) is 48.1 Å². The number of aromatic amines is 1. The Morgan fingerprint density at radius 1 is 1.12 bits per heavy atom. The Hall–Kier alpha value is -3.95. The predicted molar refractivity (Wildman–Crippen MR) is 123 cm³/mol. The number of benzene rings is 1. The number of aromatic nitrogens is 6. The highest BCUT2D eigenvalue weighted by atomic mass is 16.5. The predicted octanol–water partition coefficient (Wildman–Crippen LogP) is 3.06. The Morgan fingerprint density at radius 2 is 2.03 bits per heavy atom. The van der Waals surface area contributed by atoms with Gasteiger partial charge in [0.25, 0.3) is 5.95 Å². The second-order valence-electron chi connectivity index (χ2n) is 7.60. The third kappa shape index (κ3) is 4.69. The van der Waals surface area contributed by atoms with Gasteiger partial charge >= 0.3 is 6.01 Å². The van der Waals surface area contributed by atoms with Gasteiger partial charge in [-0.2, -0.15) is 20.1 Å². The van der Waals surface area contributed by atoms with E-state index < -0.39 is 0 Å². The summed E-state index contributed by atoms with van der Waals surface area (Å²) < 4.78 is 7.77. The standard InChI is InChI=1S/C22H25N9O/c1-4-9-31(10-5-1)21-26-20(27-22(28-21)32-13-12-30-11-8-23-16-30)29-25-15-17-14-24-19-7-3-2-6-18(17)19/h2-3,6-8,11,14-16,24H,1,4-5,9-10,12-13H2,(H,26,27,28,29)/b25-15+. The van der Waals surface area contributed by atoms with Gasteiger partial charge < -0.3 is 19.2 Å². The maximum absolute atomic E-state index is 5.83. The zero-order chi connectivity index (χ0) is 21.6. The lowest BCUT2D eigenvalue weighted by Crippen LogP contribution is -2.31. The summed E-state index contributed by atoms with van der Waals surface area (Å²) in [5.74, 6) is 0.969. The van der Waals surface area contributed by atoms with E-state index in [0.29, 0.717) is 25.0 Å². The third-order valence-corrected chi connectivity index (χ3v) is 5.37. The van der Waals surface area contributed by atoms with Crippen LogP contribution in [-0.2, 0) is 6.54 Å². The maximum atomic E-state index is 5.83. The van der Waals surface area contributed by atoms with Crippen molar-refractivity contribution in [3.05, 3.63) is 54.7 Å². The first-order valence-corrected chi connectivity index (χ1v) is 10.8. The van der Waals surface area contributed by atoms with Crippen molar-refractivity contribution in [2.45, 2.75) is 25.8 Å². The average molecular weight is 432 g/mol. The second kappa shape index (κ2) is 9.46. The molecule has 1 aliphatic rings. The Bertz CT molecular complexity index is 1180.